The van der Waals surface area contributed by atoms with Gasteiger partial charge in [0.25, 0.3) is 0 Å². The molecule has 1 aliphatic rings. The monoisotopic (exact) mass is 311 g/mol. The Morgan fingerprint density at radius 2 is 1.59 bits per heavy atom. The van der Waals surface area contributed by atoms with Gasteiger partial charge in [-0.2, -0.15) is 0 Å². The van der Waals surface area contributed by atoms with Gasteiger partial charge in [0, 0.05) is 12.7 Å². The van der Waals surface area contributed by atoms with Gasteiger partial charge in [-0.3, -0.25) is 0 Å². The van der Waals surface area contributed by atoms with Crippen LogP contribution in [0.5, 0.6) is 0 Å². The van der Waals surface area contributed by atoms with Gasteiger partial charge in [0.1, 0.15) is 11.2 Å². The molecule has 0 aromatic heterocycles. The Morgan fingerprint density at radius 1 is 1.09 bits per heavy atom. The molecule has 0 spiro atoms. The molecule has 1 aliphatic heterocycles. The van der Waals surface area contributed by atoms with Crippen molar-refractivity contribution in [2.75, 3.05) is 13.6 Å². The fourth-order valence-electron chi connectivity index (χ4n) is 1.75. The van der Waals surface area contributed by atoms with Crippen molar-refractivity contribution in [2.45, 2.75) is 52.7 Å². The predicted octanol–water partition coefficient (Wildman–Crippen LogP) is 2.97. The van der Waals surface area contributed by atoms with Crippen LogP contribution in [0.15, 0.2) is 17.3 Å². The largest absolute Gasteiger partial charge is 0.443 e. The maximum absolute atomic E-state index is 12.3. The fraction of sp³-hybridized carbons (Fsp3) is 0.667. The van der Waals surface area contributed by atoms with E-state index in [9.17, 15) is 9.59 Å². The lowest BCUT2D eigenvalue weighted by atomic mass is 10.2. The second-order valence-electron chi connectivity index (χ2n) is 7.13. The Bertz CT molecular complexity index is 512. The van der Waals surface area contributed by atoms with E-state index in [4.69, 9.17) is 9.47 Å². The van der Waals surface area contributed by atoms with Crippen molar-refractivity contribution in [3.05, 3.63) is 12.3 Å². The van der Waals surface area contributed by atoms with Crippen LogP contribution < -0.4 is 0 Å². The van der Waals surface area contributed by atoms with E-state index in [1.54, 1.807) is 53.5 Å². The second kappa shape index (κ2) is 5.98. The molecule has 1 fully saturated rings. The molecule has 1 saturated heterocycles. The van der Waals surface area contributed by atoms with Gasteiger partial charge >= 0.3 is 12.2 Å². The molecule has 22 heavy (non-hydrogen) atoms. The number of aliphatic imine (C=N–C) groups is 1. The molecule has 7 nitrogen and oxygen atoms in total. The van der Waals surface area contributed by atoms with Gasteiger partial charge < -0.3 is 14.4 Å². The number of nitrogens with zero attached hydrogens (tertiary/aromatic N) is 3. The number of amides is 2. The number of likely N-dealkylation sites (N-methyl/N-ethyl adjacent to an activating group) is 1. The minimum absolute atomic E-state index is 0.147. The molecule has 0 bridgehead atoms. The summed E-state index contributed by atoms with van der Waals surface area (Å²) in [5, 5.41) is 0. The van der Waals surface area contributed by atoms with Crippen LogP contribution in [0.2, 0.25) is 0 Å². The number of ether oxygens (including phenoxy) is 2. The van der Waals surface area contributed by atoms with Gasteiger partial charge in [0.15, 0.2) is 0 Å². The van der Waals surface area contributed by atoms with Crippen LogP contribution in [-0.4, -0.2) is 52.7 Å². The summed E-state index contributed by atoms with van der Waals surface area (Å²) < 4.78 is 10.5. The first-order chi connectivity index (χ1) is 9.80. The molecule has 0 aromatic carbocycles. The second-order valence-corrected chi connectivity index (χ2v) is 7.13. The van der Waals surface area contributed by atoms with Crippen LogP contribution in [0.3, 0.4) is 0 Å². The number of hydrogen-bond donors (Lipinski definition) is 0. The van der Waals surface area contributed by atoms with Crippen LogP contribution in [0.4, 0.5) is 9.59 Å². The minimum Gasteiger partial charge on any atom is -0.443 e. The molecule has 1 rings (SSSR count). The van der Waals surface area contributed by atoms with Crippen molar-refractivity contribution in [1.82, 2.24) is 9.80 Å². The Balaban J connectivity index is 3.01. The topological polar surface area (TPSA) is 71.4 Å². The van der Waals surface area contributed by atoms with E-state index in [1.165, 1.54) is 4.90 Å². The van der Waals surface area contributed by atoms with Crippen LogP contribution in [0, 0.1) is 0 Å². The van der Waals surface area contributed by atoms with Gasteiger partial charge in [0.05, 0.1) is 6.54 Å². The van der Waals surface area contributed by atoms with E-state index >= 15 is 0 Å². The van der Waals surface area contributed by atoms with E-state index in [0.29, 0.717) is 12.2 Å². The van der Waals surface area contributed by atoms with E-state index in [1.807, 2.05) is 0 Å². The standard InChI is InChI=1S/C15H25N3O4/c1-10-9-17(8)11(16-12(19)21-14(2,3)4)18(10)13(20)22-15(5,6)7/h1,9H2,2-8H3. The number of guanidine groups is 1. The molecule has 0 saturated carbocycles. The summed E-state index contributed by atoms with van der Waals surface area (Å²) >= 11 is 0. The zero-order valence-electron chi connectivity index (χ0n) is 14.4. The van der Waals surface area contributed by atoms with E-state index in [2.05, 4.69) is 11.6 Å². The Hall–Kier alpha value is -2.05. The number of carbonyl (C=O) groups excluding carboxylic acids is 2. The molecule has 0 N–H and O–H groups in total. The van der Waals surface area contributed by atoms with Crippen molar-refractivity contribution < 1.29 is 19.1 Å². The lowest BCUT2D eigenvalue weighted by molar-refractivity contribution is 0.0416. The van der Waals surface area contributed by atoms with Crippen molar-refractivity contribution in [3.8, 4) is 0 Å². The van der Waals surface area contributed by atoms with Crippen LogP contribution in [0.25, 0.3) is 0 Å². The smallest absolute Gasteiger partial charge is 0.437 e. The van der Waals surface area contributed by atoms with Crippen molar-refractivity contribution >= 4 is 18.1 Å². The Morgan fingerprint density at radius 3 is 2.05 bits per heavy atom. The van der Waals surface area contributed by atoms with Crippen LogP contribution >= 0.6 is 0 Å². The summed E-state index contributed by atoms with van der Waals surface area (Å²) in [5.74, 6) is 0.147. The summed E-state index contributed by atoms with van der Waals surface area (Å²) in [6.45, 7) is 14.7. The SMILES string of the molecule is C=C1CN(C)C(=NC(=O)OC(C)(C)C)N1C(=O)OC(C)(C)C. The molecule has 0 aliphatic carbocycles. The Labute approximate surface area is 131 Å². The maximum atomic E-state index is 12.3. The Kier molecular flexibility index (Phi) is 4.89. The highest BCUT2D eigenvalue weighted by molar-refractivity contribution is 6.02. The van der Waals surface area contributed by atoms with Crippen molar-refractivity contribution in [1.29, 1.82) is 0 Å². The van der Waals surface area contributed by atoms with E-state index < -0.39 is 23.4 Å². The average Bonchev–Trinajstić information content (AvgIpc) is 2.48. The quantitative estimate of drug-likeness (QED) is 0.687. The first-order valence-corrected chi connectivity index (χ1v) is 7.04. The van der Waals surface area contributed by atoms with E-state index in [-0.39, 0.29) is 5.96 Å². The normalized spacial score (nSPS) is 18.0. The summed E-state index contributed by atoms with van der Waals surface area (Å²) in [7, 11) is 1.71. The lowest BCUT2D eigenvalue weighted by Gasteiger charge is -2.25. The highest BCUT2D eigenvalue weighted by Crippen LogP contribution is 2.21. The molecule has 0 atom stereocenters. The molecule has 0 unspecified atom stereocenters. The molecular formula is C15H25N3O4. The molecule has 0 radical (unpaired) electrons. The summed E-state index contributed by atoms with van der Waals surface area (Å²) in [4.78, 5) is 30.8. The van der Waals surface area contributed by atoms with E-state index in [0.717, 1.165) is 0 Å². The molecule has 124 valence electrons. The molecule has 0 aromatic rings. The molecule has 2 amide bonds. The zero-order valence-corrected chi connectivity index (χ0v) is 14.4. The van der Waals surface area contributed by atoms with Gasteiger partial charge in [0.2, 0.25) is 5.96 Å². The molecular weight excluding hydrogens is 286 g/mol. The van der Waals surface area contributed by atoms with Gasteiger partial charge in [-0.15, -0.1) is 4.99 Å². The van der Waals surface area contributed by atoms with Crippen LogP contribution in [-0.2, 0) is 9.47 Å². The van der Waals surface area contributed by atoms with Crippen LogP contribution in [0.1, 0.15) is 41.5 Å². The fourth-order valence-corrected chi connectivity index (χ4v) is 1.75. The number of hydrogen-bond acceptors (Lipinski definition) is 4. The number of carbonyl (C=O) groups is 2. The van der Waals surface area contributed by atoms with Gasteiger partial charge in [-0.25, -0.2) is 14.5 Å². The first kappa shape index (κ1) is 18.0. The lowest BCUT2D eigenvalue weighted by Crippen LogP contribution is -2.40. The van der Waals surface area contributed by atoms with Crippen molar-refractivity contribution in [2.24, 2.45) is 4.99 Å². The third-order valence-electron chi connectivity index (χ3n) is 2.44. The first-order valence-electron chi connectivity index (χ1n) is 7.04. The van der Waals surface area contributed by atoms with Gasteiger partial charge in [-0.1, -0.05) is 6.58 Å². The summed E-state index contributed by atoms with van der Waals surface area (Å²) in [6.07, 6.45) is -1.39. The molecule has 1 heterocycles. The highest BCUT2D eigenvalue weighted by Gasteiger charge is 2.36. The third-order valence-corrected chi connectivity index (χ3v) is 2.44. The highest BCUT2D eigenvalue weighted by atomic mass is 16.6. The maximum Gasteiger partial charge on any atom is 0.437 e. The van der Waals surface area contributed by atoms with Crippen molar-refractivity contribution in [3.63, 3.8) is 0 Å². The minimum atomic E-state index is -0.766. The molecule has 7 heteroatoms. The van der Waals surface area contributed by atoms with Gasteiger partial charge in [-0.05, 0) is 41.5 Å². The number of rotatable bonds is 0. The summed E-state index contributed by atoms with van der Waals surface area (Å²) in [6, 6.07) is 0. The average molecular weight is 311 g/mol. The zero-order chi connectivity index (χ0) is 17.3. The third kappa shape index (κ3) is 5.05. The predicted molar refractivity (Wildman–Crippen MR) is 83.5 cm³/mol. The summed E-state index contributed by atoms with van der Waals surface area (Å²) in [5.41, 5.74) is -0.833.